The molecule has 1 fully saturated rings. The van der Waals surface area contributed by atoms with E-state index in [0.29, 0.717) is 5.75 Å². The molecule has 0 saturated carbocycles. The summed E-state index contributed by atoms with van der Waals surface area (Å²) in [5, 5.41) is 3.28. The van der Waals surface area contributed by atoms with E-state index < -0.39 is 0 Å². The zero-order valence-corrected chi connectivity index (χ0v) is 10.4. The van der Waals surface area contributed by atoms with Crippen molar-refractivity contribution in [3.05, 3.63) is 35.7 Å². The van der Waals surface area contributed by atoms with Crippen LogP contribution in [0.15, 0.2) is 24.3 Å². The molecular formula is C14H16FNO2. The largest absolute Gasteiger partial charge is 0.483 e. The van der Waals surface area contributed by atoms with E-state index in [1.54, 1.807) is 6.07 Å². The fourth-order valence-corrected chi connectivity index (χ4v) is 2.33. The second-order valence-corrected chi connectivity index (χ2v) is 5.17. The Morgan fingerprint density at radius 1 is 1.39 bits per heavy atom. The van der Waals surface area contributed by atoms with Crippen LogP contribution in [0, 0.1) is 5.82 Å². The SMILES string of the molecule is CC1(C)NC[C@H]([C@H]2C=Cc3cc(F)ccc3O2)O1. The van der Waals surface area contributed by atoms with Gasteiger partial charge in [0.2, 0.25) is 0 Å². The smallest absolute Gasteiger partial charge is 0.145 e. The molecule has 3 nitrogen and oxygen atoms in total. The summed E-state index contributed by atoms with van der Waals surface area (Å²) < 4.78 is 24.8. The molecule has 2 atom stereocenters. The number of hydrogen-bond donors (Lipinski definition) is 1. The lowest BCUT2D eigenvalue weighted by Gasteiger charge is -2.27. The molecule has 1 aromatic carbocycles. The molecule has 1 aromatic rings. The van der Waals surface area contributed by atoms with E-state index >= 15 is 0 Å². The minimum atomic E-state index is -0.315. The highest BCUT2D eigenvalue weighted by atomic mass is 19.1. The molecule has 18 heavy (non-hydrogen) atoms. The Morgan fingerprint density at radius 3 is 2.94 bits per heavy atom. The lowest BCUT2D eigenvalue weighted by atomic mass is 10.1. The highest BCUT2D eigenvalue weighted by molar-refractivity contribution is 5.60. The van der Waals surface area contributed by atoms with Crippen molar-refractivity contribution in [2.45, 2.75) is 31.8 Å². The zero-order chi connectivity index (χ0) is 12.8. The van der Waals surface area contributed by atoms with Gasteiger partial charge in [-0.15, -0.1) is 0 Å². The molecule has 0 unspecified atom stereocenters. The minimum absolute atomic E-state index is 0.0190. The number of rotatable bonds is 1. The van der Waals surface area contributed by atoms with Gasteiger partial charge in [-0.25, -0.2) is 4.39 Å². The van der Waals surface area contributed by atoms with Crippen LogP contribution in [0.25, 0.3) is 6.08 Å². The molecule has 2 heterocycles. The van der Waals surface area contributed by atoms with Gasteiger partial charge in [-0.05, 0) is 38.1 Å². The Hall–Kier alpha value is -1.39. The maximum Gasteiger partial charge on any atom is 0.145 e. The van der Waals surface area contributed by atoms with E-state index in [1.807, 2.05) is 26.0 Å². The summed E-state index contributed by atoms with van der Waals surface area (Å²) in [6.45, 7) is 4.73. The molecular weight excluding hydrogens is 233 g/mol. The number of halogens is 1. The van der Waals surface area contributed by atoms with E-state index in [1.165, 1.54) is 12.1 Å². The third-order valence-corrected chi connectivity index (χ3v) is 3.24. The van der Waals surface area contributed by atoms with E-state index in [4.69, 9.17) is 9.47 Å². The number of nitrogens with one attached hydrogen (secondary N) is 1. The van der Waals surface area contributed by atoms with Crippen LogP contribution >= 0.6 is 0 Å². The first kappa shape index (κ1) is 11.7. The molecule has 0 aromatic heterocycles. The Balaban J connectivity index is 1.78. The average Bonchev–Trinajstić information content (AvgIpc) is 2.69. The van der Waals surface area contributed by atoms with Crippen LogP contribution in [0.4, 0.5) is 4.39 Å². The quantitative estimate of drug-likeness (QED) is 0.828. The third-order valence-electron chi connectivity index (χ3n) is 3.24. The Kier molecular flexibility index (Phi) is 2.64. The topological polar surface area (TPSA) is 30.5 Å². The van der Waals surface area contributed by atoms with Gasteiger partial charge in [0.25, 0.3) is 0 Å². The number of benzene rings is 1. The first-order chi connectivity index (χ1) is 8.53. The van der Waals surface area contributed by atoms with Gasteiger partial charge in [0.1, 0.15) is 29.5 Å². The predicted octanol–water partition coefficient (Wildman–Crippen LogP) is 2.32. The molecule has 4 heteroatoms. The van der Waals surface area contributed by atoms with Gasteiger partial charge in [-0.1, -0.05) is 6.08 Å². The monoisotopic (exact) mass is 249 g/mol. The van der Waals surface area contributed by atoms with Gasteiger partial charge in [0.05, 0.1) is 0 Å². The lowest BCUT2D eigenvalue weighted by Crippen LogP contribution is -2.35. The lowest BCUT2D eigenvalue weighted by molar-refractivity contribution is -0.0549. The molecule has 0 spiro atoms. The molecule has 0 bridgehead atoms. The standard InChI is InChI=1S/C14H16FNO2/c1-14(2)16-8-13(18-14)12-5-3-9-7-10(15)4-6-11(9)17-12/h3-7,12-13,16H,8H2,1-2H3/t12-,13-/m1/s1. The highest BCUT2D eigenvalue weighted by Crippen LogP contribution is 2.30. The van der Waals surface area contributed by atoms with E-state index in [-0.39, 0.29) is 23.8 Å². The zero-order valence-electron chi connectivity index (χ0n) is 10.4. The van der Waals surface area contributed by atoms with Crippen molar-refractivity contribution < 1.29 is 13.9 Å². The van der Waals surface area contributed by atoms with Crippen LogP contribution in [-0.2, 0) is 4.74 Å². The van der Waals surface area contributed by atoms with Crippen molar-refractivity contribution in [1.29, 1.82) is 0 Å². The molecule has 0 amide bonds. The summed E-state index contributed by atoms with van der Waals surface area (Å²) in [5.74, 6) is 0.456. The maximum absolute atomic E-state index is 13.1. The van der Waals surface area contributed by atoms with Gasteiger partial charge >= 0.3 is 0 Å². The molecule has 2 aliphatic rings. The fraction of sp³-hybridized carbons (Fsp3) is 0.429. The number of ether oxygens (including phenoxy) is 2. The van der Waals surface area contributed by atoms with Crippen LogP contribution in [0.1, 0.15) is 19.4 Å². The van der Waals surface area contributed by atoms with E-state index in [9.17, 15) is 4.39 Å². The number of fused-ring (bicyclic) bond motifs is 1. The normalized spacial score (nSPS) is 28.8. The van der Waals surface area contributed by atoms with Gasteiger partial charge in [0, 0.05) is 12.1 Å². The second kappa shape index (κ2) is 4.07. The Labute approximate surface area is 106 Å². The van der Waals surface area contributed by atoms with Crippen molar-refractivity contribution in [2.75, 3.05) is 6.54 Å². The summed E-state index contributed by atoms with van der Waals surface area (Å²) in [6, 6.07) is 4.54. The molecule has 0 radical (unpaired) electrons. The van der Waals surface area contributed by atoms with Crippen molar-refractivity contribution in [3.63, 3.8) is 0 Å². The van der Waals surface area contributed by atoms with Crippen molar-refractivity contribution >= 4 is 6.08 Å². The molecule has 0 aliphatic carbocycles. The van der Waals surface area contributed by atoms with Gasteiger partial charge in [-0.3, -0.25) is 5.32 Å². The predicted molar refractivity (Wildman–Crippen MR) is 66.8 cm³/mol. The summed E-state index contributed by atoms with van der Waals surface area (Å²) in [6.07, 6.45) is 3.67. The molecule has 96 valence electrons. The van der Waals surface area contributed by atoms with Crippen molar-refractivity contribution in [2.24, 2.45) is 0 Å². The van der Waals surface area contributed by atoms with E-state index in [0.717, 1.165) is 12.1 Å². The average molecular weight is 249 g/mol. The molecule has 2 aliphatic heterocycles. The van der Waals surface area contributed by atoms with Crippen molar-refractivity contribution in [3.8, 4) is 5.75 Å². The summed E-state index contributed by atoms with van der Waals surface area (Å²) in [7, 11) is 0. The molecule has 1 N–H and O–H groups in total. The minimum Gasteiger partial charge on any atom is -0.483 e. The first-order valence-electron chi connectivity index (χ1n) is 6.11. The first-order valence-corrected chi connectivity index (χ1v) is 6.11. The fourth-order valence-electron chi connectivity index (χ4n) is 2.33. The van der Waals surface area contributed by atoms with Crippen LogP contribution in [-0.4, -0.2) is 24.5 Å². The third kappa shape index (κ3) is 2.13. The maximum atomic E-state index is 13.1. The van der Waals surface area contributed by atoms with E-state index in [2.05, 4.69) is 5.32 Å². The Bertz CT molecular complexity index is 499. The van der Waals surface area contributed by atoms with Gasteiger partial charge in [0.15, 0.2) is 0 Å². The molecule has 3 rings (SSSR count). The summed E-state index contributed by atoms with van der Waals surface area (Å²) >= 11 is 0. The Morgan fingerprint density at radius 2 is 2.22 bits per heavy atom. The van der Waals surface area contributed by atoms with Crippen LogP contribution in [0.2, 0.25) is 0 Å². The van der Waals surface area contributed by atoms with Crippen molar-refractivity contribution in [1.82, 2.24) is 5.32 Å². The van der Waals surface area contributed by atoms with Gasteiger partial charge in [-0.2, -0.15) is 0 Å². The van der Waals surface area contributed by atoms with Crippen LogP contribution in [0.5, 0.6) is 5.75 Å². The second-order valence-electron chi connectivity index (χ2n) is 5.17. The van der Waals surface area contributed by atoms with Crippen LogP contribution < -0.4 is 10.1 Å². The van der Waals surface area contributed by atoms with Crippen LogP contribution in [0.3, 0.4) is 0 Å². The van der Waals surface area contributed by atoms with Gasteiger partial charge < -0.3 is 9.47 Å². The molecule has 1 saturated heterocycles. The summed E-state index contributed by atoms with van der Waals surface area (Å²) in [4.78, 5) is 0. The highest BCUT2D eigenvalue weighted by Gasteiger charge is 2.37. The summed E-state index contributed by atoms with van der Waals surface area (Å²) in [5.41, 5.74) is 0.460. The number of hydrogen-bond acceptors (Lipinski definition) is 3.